The van der Waals surface area contributed by atoms with Crippen molar-refractivity contribution in [2.24, 2.45) is 0 Å². The first kappa shape index (κ1) is 12.1. The molecular formula is C10H12N6O2. The Labute approximate surface area is 103 Å². The smallest absolute Gasteiger partial charge is 0.358 e. The molecule has 0 aliphatic heterocycles. The van der Waals surface area contributed by atoms with Crippen LogP contribution in [0.25, 0.3) is 0 Å². The largest absolute Gasteiger partial charge is 0.476 e. The minimum atomic E-state index is -1.08. The predicted molar refractivity (Wildman–Crippen MR) is 60.7 cm³/mol. The zero-order valence-electron chi connectivity index (χ0n) is 9.52. The third kappa shape index (κ3) is 3.32. The van der Waals surface area contributed by atoms with E-state index in [1.165, 1.54) is 10.9 Å². The third-order valence-electron chi connectivity index (χ3n) is 2.21. The number of rotatable bonds is 6. The molecule has 0 fully saturated rings. The summed E-state index contributed by atoms with van der Waals surface area (Å²) in [5.41, 5.74) is 0.797. The Bertz CT molecular complexity index is 512. The van der Waals surface area contributed by atoms with Crippen LogP contribution in [0.15, 0.2) is 24.5 Å². The van der Waals surface area contributed by atoms with E-state index in [-0.39, 0.29) is 5.69 Å². The third-order valence-corrected chi connectivity index (χ3v) is 2.21. The average Bonchev–Trinajstić information content (AvgIpc) is 2.85. The summed E-state index contributed by atoms with van der Waals surface area (Å²) in [5, 5.41) is 26.7. The SMILES string of the molecule is O=C(O)c1cn(CCNCc2cccnn2)nn1. The summed E-state index contributed by atoms with van der Waals surface area (Å²) in [6, 6.07) is 3.69. The molecule has 0 aliphatic carbocycles. The highest BCUT2D eigenvalue weighted by Crippen LogP contribution is 1.93. The summed E-state index contributed by atoms with van der Waals surface area (Å²) >= 11 is 0. The van der Waals surface area contributed by atoms with Crippen molar-refractivity contribution in [2.75, 3.05) is 6.54 Å². The fraction of sp³-hybridized carbons (Fsp3) is 0.300. The molecule has 2 aromatic heterocycles. The van der Waals surface area contributed by atoms with Gasteiger partial charge in [-0.1, -0.05) is 5.21 Å². The molecular weight excluding hydrogens is 236 g/mol. The molecule has 0 amide bonds. The van der Waals surface area contributed by atoms with Crippen LogP contribution in [0.5, 0.6) is 0 Å². The molecule has 18 heavy (non-hydrogen) atoms. The van der Waals surface area contributed by atoms with Crippen molar-refractivity contribution in [1.82, 2.24) is 30.5 Å². The van der Waals surface area contributed by atoms with Gasteiger partial charge in [-0.3, -0.25) is 4.68 Å². The molecule has 0 saturated heterocycles. The Morgan fingerprint density at radius 3 is 3.00 bits per heavy atom. The first-order valence-corrected chi connectivity index (χ1v) is 5.36. The fourth-order valence-corrected chi connectivity index (χ4v) is 1.34. The molecule has 0 aromatic carbocycles. The van der Waals surface area contributed by atoms with Crippen LogP contribution in [0.4, 0.5) is 0 Å². The first-order valence-electron chi connectivity index (χ1n) is 5.36. The van der Waals surface area contributed by atoms with Crippen LogP contribution in [0.1, 0.15) is 16.2 Å². The highest BCUT2D eigenvalue weighted by atomic mass is 16.4. The van der Waals surface area contributed by atoms with E-state index < -0.39 is 5.97 Å². The molecule has 2 heterocycles. The molecule has 94 valence electrons. The lowest BCUT2D eigenvalue weighted by Gasteiger charge is -2.03. The van der Waals surface area contributed by atoms with Crippen molar-refractivity contribution in [3.63, 3.8) is 0 Å². The van der Waals surface area contributed by atoms with Crippen molar-refractivity contribution in [3.8, 4) is 0 Å². The molecule has 0 aliphatic rings. The van der Waals surface area contributed by atoms with Crippen molar-refractivity contribution < 1.29 is 9.90 Å². The lowest BCUT2D eigenvalue weighted by atomic mass is 10.4. The summed E-state index contributed by atoms with van der Waals surface area (Å²) in [4.78, 5) is 10.6. The van der Waals surface area contributed by atoms with Crippen LogP contribution >= 0.6 is 0 Å². The molecule has 0 bridgehead atoms. The number of nitrogens with one attached hydrogen (secondary N) is 1. The summed E-state index contributed by atoms with van der Waals surface area (Å²) in [6.45, 7) is 1.79. The van der Waals surface area contributed by atoms with Gasteiger partial charge in [-0.05, 0) is 12.1 Å². The monoisotopic (exact) mass is 248 g/mol. The maximum absolute atomic E-state index is 10.6. The standard InChI is InChI=1S/C10H12N6O2/c17-10(18)9-7-16(15-14-9)5-4-11-6-8-2-1-3-12-13-8/h1-3,7,11H,4-6H2,(H,17,18). The van der Waals surface area contributed by atoms with Crippen LogP contribution in [-0.2, 0) is 13.1 Å². The van der Waals surface area contributed by atoms with Crippen LogP contribution in [-0.4, -0.2) is 42.8 Å². The quantitative estimate of drug-likeness (QED) is 0.667. The van der Waals surface area contributed by atoms with E-state index in [1.807, 2.05) is 12.1 Å². The second-order valence-electron chi connectivity index (χ2n) is 3.56. The van der Waals surface area contributed by atoms with E-state index >= 15 is 0 Å². The Balaban J connectivity index is 1.73. The number of carboxylic acids is 1. The molecule has 0 radical (unpaired) electrons. The molecule has 2 aromatic rings. The zero-order chi connectivity index (χ0) is 12.8. The van der Waals surface area contributed by atoms with E-state index in [2.05, 4.69) is 25.8 Å². The van der Waals surface area contributed by atoms with E-state index in [0.29, 0.717) is 19.6 Å². The topological polar surface area (TPSA) is 106 Å². The number of carboxylic acid groups (broad SMARTS) is 1. The molecule has 8 nitrogen and oxygen atoms in total. The summed E-state index contributed by atoms with van der Waals surface area (Å²) in [5.74, 6) is -1.08. The molecule has 2 N–H and O–H groups in total. The number of aromatic nitrogens is 5. The average molecular weight is 248 g/mol. The normalized spacial score (nSPS) is 10.4. The van der Waals surface area contributed by atoms with E-state index in [9.17, 15) is 4.79 Å². The summed E-state index contributed by atoms with van der Waals surface area (Å²) in [7, 11) is 0. The van der Waals surface area contributed by atoms with Crippen LogP contribution in [0, 0.1) is 0 Å². The Kier molecular flexibility index (Phi) is 3.92. The molecule has 2 rings (SSSR count). The predicted octanol–water partition coefficient (Wildman–Crippen LogP) is -0.444. The van der Waals surface area contributed by atoms with Gasteiger partial charge in [0, 0.05) is 19.3 Å². The minimum absolute atomic E-state index is 0.0519. The first-order chi connectivity index (χ1) is 8.75. The van der Waals surface area contributed by atoms with Crippen LogP contribution < -0.4 is 5.32 Å². The molecule has 0 saturated carbocycles. The summed E-state index contributed by atoms with van der Waals surface area (Å²) < 4.78 is 1.48. The van der Waals surface area contributed by atoms with Gasteiger partial charge in [0.05, 0.1) is 18.4 Å². The Hall–Kier alpha value is -2.35. The number of carbonyl (C=O) groups is 1. The van der Waals surface area contributed by atoms with Crippen LogP contribution in [0.3, 0.4) is 0 Å². The molecule has 0 atom stereocenters. The zero-order valence-corrected chi connectivity index (χ0v) is 9.52. The highest BCUT2D eigenvalue weighted by molar-refractivity contribution is 5.84. The van der Waals surface area contributed by atoms with Gasteiger partial charge in [-0.15, -0.1) is 5.10 Å². The molecule has 8 heteroatoms. The van der Waals surface area contributed by atoms with Crippen LogP contribution in [0.2, 0.25) is 0 Å². The van der Waals surface area contributed by atoms with Crippen molar-refractivity contribution in [2.45, 2.75) is 13.1 Å². The van der Waals surface area contributed by atoms with Crippen molar-refractivity contribution >= 4 is 5.97 Å². The highest BCUT2D eigenvalue weighted by Gasteiger charge is 2.07. The van der Waals surface area contributed by atoms with Gasteiger partial charge in [0.1, 0.15) is 0 Å². The fourth-order valence-electron chi connectivity index (χ4n) is 1.34. The maximum atomic E-state index is 10.6. The van der Waals surface area contributed by atoms with Gasteiger partial charge in [0.2, 0.25) is 0 Å². The van der Waals surface area contributed by atoms with Gasteiger partial charge >= 0.3 is 5.97 Å². The maximum Gasteiger partial charge on any atom is 0.358 e. The lowest BCUT2D eigenvalue weighted by molar-refractivity contribution is 0.0690. The summed E-state index contributed by atoms with van der Waals surface area (Å²) in [6.07, 6.45) is 3.01. The van der Waals surface area contributed by atoms with Crippen molar-refractivity contribution in [1.29, 1.82) is 0 Å². The van der Waals surface area contributed by atoms with E-state index in [4.69, 9.17) is 5.11 Å². The van der Waals surface area contributed by atoms with Gasteiger partial charge < -0.3 is 10.4 Å². The Morgan fingerprint density at radius 2 is 2.33 bits per heavy atom. The number of aromatic carboxylic acids is 1. The number of nitrogens with zero attached hydrogens (tertiary/aromatic N) is 5. The van der Waals surface area contributed by atoms with Gasteiger partial charge in [-0.2, -0.15) is 10.2 Å². The molecule has 0 spiro atoms. The van der Waals surface area contributed by atoms with Gasteiger partial charge in [0.15, 0.2) is 5.69 Å². The lowest BCUT2D eigenvalue weighted by Crippen LogP contribution is -2.20. The van der Waals surface area contributed by atoms with E-state index in [0.717, 1.165) is 5.69 Å². The van der Waals surface area contributed by atoms with E-state index in [1.54, 1.807) is 6.20 Å². The van der Waals surface area contributed by atoms with Gasteiger partial charge in [0.25, 0.3) is 0 Å². The van der Waals surface area contributed by atoms with Crippen molar-refractivity contribution in [3.05, 3.63) is 35.9 Å². The molecule has 0 unspecified atom stereocenters. The second-order valence-corrected chi connectivity index (χ2v) is 3.56. The van der Waals surface area contributed by atoms with Gasteiger partial charge in [-0.25, -0.2) is 4.79 Å². The number of hydrogen-bond donors (Lipinski definition) is 2. The second kappa shape index (κ2) is 5.82. The minimum Gasteiger partial charge on any atom is -0.476 e. The number of hydrogen-bond acceptors (Lipinski definition) is 6. The Morgan fingerprint density at radius 1 is 1.44 bits per heavy atom.